The van der Waals surface area contributed by atoms with E-state index in [2.05, 4.69) is 16.7 Å². The summed E-state index contributed by atoms with van der Waals surface area (Å²) in [6, 6.07) is 8.22. The summed E-state index contributed by atoms with van der Waals surface area (Å²) >= 11 is 0. The number of carbonyl (C=O) groups is 1. The Bertz CT molecular complexity index is 743. The zero-order chi connectivity index (χ0) is 15.9. The molecule has 122 valence electrons. The fraction of sp³-hybridized carbons (Fsp3) is 0.500. The van der Waals surface area contributed by atoms with Crippen LogP contribution in [0, 0.1) is 0 Å². The van der Waals surface area contributed by atoms with Gasteiger partial charge >= 0.3 is 5.97 Å². The predicted octanol–water partition coefficient (Wildman–Crippen LogP) is 2.44. The van der Waals surface area contributed by atoms with Crippen molar-refractivity contribution in [3.05, 3.63) is 35.5 Å². The maximum Gasteiger partial charge on any atom is 0.325 e. The number of benzene rings is 1. The van der Waals surface area contributed by atoms with Gasteiger partial charge in [-0.3, -0.25) is 4.79 Å². The van der Waals surface area contributed by atoms with Gasteiger partial charge in [0.05, 0.1) is 19.8 Å². The molecule has 0 atom stereocenters. The van der Waals surface area contributed by atoms with Crippen LogP contribution in [0.4, 0.5) is 0 Å². The maximum atomic E-state index is 12.0. The van der Waals surface area contributed by atoms with Gasteiger partial charge in [0.1, 0.15) is 6.54 Å². The zero-order valence-electron chi connectivity index (χ0n) is 13.3. The highest BCUT2D eigenvalue weighted by Gasteiger charge is 2.41. The highest BCUT2D eigenvalue weighted by atomic mass is 16.7. The van der Waals surface area contributed by atoms with E-state index in [0.29, 0.717) is 19.8 Å². The molecular formula is C18H21NO4. The van der Waals surface area contributed by atoms with Gasteiger partial charge in [-0.15, -0.1) is 0 Å². The Kier molecular flexibility index (Phi) is 3.62. The molecular weight excluding hydrogens is 294 g/mol. The Morgan fingerprint density at radius 1 is 1.30 bits per heavy atom. The molecule has 0 saturated carbocycles. The molecule has 0 N–H and O–H groups in total. The number of esters is 1. The molecule has 0 bridgehead atoms. The van der Waals surface area contributed by atoms with Gasteiger partial charge in [-0.1, -0.05) is 18.2 Å². The second-order valence-electron chi connectivity index (χ2n) is 6.12. The van der Waals surface area contributed by atoms with E-state index in [0.717, 1.165) is 24.8 Å². The van der Waals surface area contributed by atoms with Gasteiger partial charge in [0.15, 0.2) is 5.79 Å². The second kappa shape index (κ2) is 5.65. The molecule has 1 aliphatic carbocycles. The van der Waals surface area contributed by atoms with Crippen LogP contribution in [0.5, 0.6) is 0 Å². The van der Waals surface area contributed by atoms with Crippen molar-refractivity contribution < 1.29 is 19.0 Å². The molecule has 2 aliphatic rings. The first kappa shape index (κ1) is 14.7. The molecule has 5 heteroatoms. The predicted molar refractivity (Wildman–Crippen MR) is 85.2 cm³/mol. The molecule has 23 heavy (non-hydrogen) atoms. The van der Waals surface area contributed by atoms with Gasteiger partial charge in [-0.2, -0.15) is 0 Å². The summed E-state index contributed by atoms with van der Waals surface area (Å²) in [6.45, 7) is 3.83. The number of hydrogen-bond donors (Lipinski definition) is 0. The van der Waals surface area contributed by atoms with Crippen molar-refractivity contribution in [3.8, 4) is 0 Å². The van der Waals surface area contributed by atoms with Crippen LogP contribution in [0.25, 0.3) is 10.9 Å². The summed E-state index contributed by atoms with van der Waals surface area (Å²) in [5, 5.41) is 1.19. The van der Waals surface area contributed by atoms with Crippen LogP contribution in [0.1, 0.15) is 24.6 Å². The van der Waals surface area contributed by atoms with Gasteiger partial charge in [0, 0.05) is 29.4 Å². The third kappa shape index (κ3) is 2.44. The number of hydrogen-bond acceptors (Lipinski definition) is 4. The lowest BCUT2D eigenvalue weighted by Gasteiger charge is -2.32. The van der Waals surface area contributed by atoms with E-state index in [-0.39, 0.29) is 12.5 Å². The average Bonchev–Trinajstić information content (AvgIpc) is 3.12. The number of nitrogens with zero attached hydrogens (tertiary/aromatic N) is 1. The minimum absolute atomic E-state index is 0.190. The first-order valence-electron chi connectivity index (χ1n) is 8.25. The summed E-state index contributed by atoms with van der Waals surface area (Å²) in [5.74, 6) is -0.656. The number of ether oxygens (including phenoxy) is 3. The molecule has 1 aliphatic heterocycles. The number of rotatable bonds is 3. The molecule has 5 nitrogen and oxygen atoms in total. The van der Waals surface area contributed by atoms with E-state index in [1.54, 1.807) is 0 Å². The van der Waals surface area contributed by atoms with Crippen molar-refractivity contribution in [2.75, 3.05) is 19.8 Å². The Labute approximate surface area is 135 Å². The van der Waals surface area contributed by atoms with Crippen LogP contribution in [-0.2, 0) is 38.4 Å². The lowest BCUT2D eigenvalue weighted by molar-refractivity contribution is -0.163. The van der Waals surface area contributed by atoms with E-state index in [9.17, 15) is 4.79 Å². The minimum atomic E-state index is -0.466. The SMILES string of the molecule is CCOC(=O)Cn1c2c(c3ccccc31)CC1(CC2)OCCO1. The number of para-hydroxylation sites is 1. The number of aromatic nitrogens is 1. The second-order valence-corrected chi connectivity index (χ2v) is 6.12. The summed E-state index contributed by atoms with van der Waals surface area (Å²) in [5.41, 5.74) is 3.54. The van der Waals surface area contributed by atoms with Crippen LogP contribution in [0.2, 0.25) is 0 Å². The van der Waals surface area contributed by atoms with Crippen molar-refractivity contribution in [1.82, 2.24) is 4.57 Å². The highest BCUT2D eigenvalue weighted by molar-refractivity contribution is 5.87. The summed E-state index contributed by atoms with van der Waals surface area (Å²) in [4.78, 5) is 12.0. The van der Waals surface area contributed by atoms with E-state index in [1.807, 2.05) is 19.1 Å². The smallest absolute Gasteiger partial charge is 0.325 e. The Hall–Kier alpha value is -1.85. The van der Waals surface area contributed by atoms with Crippen LogP contribution in [-0.4, -0.2) is 36.1 Å². The summed E-state index contributed by atoms with van der Waals surface area (Å²) < 4.78 is 19.0. The monoisotopic (exact) mass is 315 g/mol. The molecule has 4 rings (SSSR count). The molecule has 1 saturated heterocycles. The van der Waals surface area contributed by atoms with Crippen molar-refractivity contribution >= 4 is 16.9 Å². The van der Waals surface area contributed by atoms with Crippen LogP contribution >= 0.6 is 0 Å². The Morgan fingerprint density at radius 3 is 2.87 bits per heavy atom. The fourth-order valence-electron chi connectivity index (χ4n) is 3.84. The van der Waals surface area contributed by atoms with Crippen LogP contribution < -0.4 is 0 Å². The van der Waals surface area contributed by atoms with Gasteiger partial charge in [-0.05, 0) is 25.0 Å². The van der Waals surface area contributed by atoms with Crippen molar-refractivity contribution in [2.45, 2.75) is 38.5 Å². The number of fused-ring (bicyclic) bond motifs is 3. The normalized spacial score (nSPS) is 19.2. The fourth-order valence-corrected chi connectivity index (χ4v) is 3.84. The van der Waals surface area contributed by atoms with E-state index < -0.39 is 5.79 Å². The molecule has 0 amide bonds. The molecule has 1 fully saturated rings. The quantitative estimate of drug-likeness (QED) is 0.816. The molecule has 2 aromatic rings. The van der Waals surface area contributed by atoms with Gasteiger partial charge in [-0.25, -0.2) is 0 Å². The lowest BCUT2D eigenvalue weighted by Crippen LogP contribution is -2.37. The standard InChI is InChI=1S/C18H21NO4/c1-2-21-17(20)12-19-15-6-4-3-5-13(15)14-11-18(8-7-16(14)19)22-9-10-23-18/h3-6H,2,7-12H2,1H3. The molecule has 1 spiro atoms. The summed E-state index contributed by atoms with van der Waals surface area (Å²) in [7, 11) is 0. The highest BCUT2D eigenvalue weighted by Crippen LogP contribution is 2.40. The molecule has 2 heterocycles. The molecule has 1 aromatic carbocycles. The summed E-state index contributed by atoms with van der Waals surface area (Å²) in [6.07, 6.45) is 2.43. The molecule has 1 aromatic heterocycles. The van der Waals surface area contributed by atoms with E-state index >= 15 is 0 Å². The lowest BCUT2D eigenvalue weighted by atomic mass is 9.90. The third-order valence-electron chi connectivity index (χ3n) is 4.79. The van der Waals surface area contributed by atoms with E-state index in [4.69, 9.17) is 14.2 Å². The molecule has 0 radical (unpaired) electrons. The third-order valence-corrected chi connectivity index (χ3v) is 4.79. The van der Waals surface area contributed by atoms with Crippen molar-refractivity contribution in [1.29, 1.82) is 0 Å². The van der Waals surface area contributed by atoms with Gasteiger partial charge in [0.25, 0.3) is 0 Å². The first-order valence-corrected chi connectivity index (χ1v) is 8.25. The Balaban J connectivity index is 1.78. The van der Waals surface area contributed by atoms with Crippen molar-refractivity contribution in [3.63, 3.8) is 0 Å². The first-order chi connectivity index (χ1) is 11.2. The van der Waals surface area contributed by atoms with E-state index in [1.165, 1.54) is 16.6 Å². The largest absolute Gasteiger partial charge is 0.465 e. The maximum absolute atomic E-state index is 12.0. The average molecular weight is 315 g/mol. The number of carbonyl (C=O) groups excluding carboxylic acids is 1. The zero-order valence-corrected chi connectivity index (χ0v) is 13.3. The van der Waals surface area contributed by atoms with Gasteiger partial charge in [0.2, 0.25) is 0 Å². The van der Waals surface area contributed by atoms with Crippen LogP contribution in [0.15, 0.2) is 24.3 Å². The molecule has 0 unspecified atom stereocenters. The topological polar surface area (TPSA) is 49.7 Å². The Morgan fingerprint density at radius 2 is 2.09 bits per heavy atom. The van der Waals surface area contributed by atoms with Crippen molar-refractivity contribution in [2.24, 2.45) is 0 Å². The van der Waals surface area contributed by atoms with Gasteiger partial charge < -0.3 is 18.8 Å². The van der Waals surface area contributed by atoms with Crippen LogP contribution in [0.3, 0.4) is 0 Å². The minimum Gasteiger partial charge on any atom is -0.465 e.